The van der Waals surface area contributed by atoms with E-state index in [-0.39, 0.29) is 24.8 Å². The first-order valence-electron chi connectivity index (χ1n) is 13.5. The van der Waals surface area contributed by atoms with Crippen LogP contribution in [0.4, 0.5) is 5.69 Å². The summed E-state index contributed by atoms with van der Waals surface area (Å²) >= 11 is 1.55. The standard InChI is InChI=1S/C34H36N2O4S.Li.H/c1-24-9-7-8-12-29(24)31-21-26(13-18-30(31)33(37)35-32(34(38)39)19-20-41-3)23-36(22-25-10-5-4-6-11-25)27-14-16-28(40-2)17-15-27;;/h4-18,21,32H,19-20,22-23H2,1-3H3,(H,35,37)(H,38,39);;/t32-;;/m0../s1. The molecule has 0 fully saturated rings. The van der Waals surface area contributed by atoms with Crippen LogP contribution in [-0.4, -0.2) is 61.0 Å². The Hall–Kier alpha value is -3.63. The van der Waals surface area contributed by atoms with Gasteiger partial charge in [-0.15, -0.1) is 0 Å². The van der Waals surface area contributed by atoms with Gasteiger partial charge in [0.1, 0.15) is 11.8 Å². The van der Waals surface area contributed by atoms with Crippen molar-refractivity contribution in [2.24, 2.45) is 0 Å². The number of hydrogen-bond acceptors (Lipinski definition) is 5. The van der Waals surface area contributed by atoms with Gasteiger partial charge in [-0.25, -0.2) is 4.79 Å². The van der Waals surface area contributed by atoms with E-state index in [1.165, 1.54) is 5.56 Å². The van der Waals surface area contributed by atoms with E-state index < -0.39 is 12.0 Å². The molecule has 4 rings (SSSR count). The Labute approximate surface area is 264 Å². The van der Waals surface area contributed by atoms with Gasteiger partial charge in [0.15, 0.2) is 0 Å². The third-order valence-corrected chi connectivity index (χ3v) is 7.65. The molecule has 1 atom stereocenters. The van der Waals surface area contributed by atoms with Crippen molar-refractivity contribution in [1.82, 2.24) is 5.32 Å². The van der Waals surface area contributed by atoms with Crippen molar-refractivity contribution >= 4 is 48.2 Å². The van der Waals surface area contributed by atoms with E-state index in [1.807, 2.05) is 92.0 Å². The van der Waals surface area contributed by atoms with Gasteiger partial charge in [0.05, 0.1) is 7.11 Å². The van der Waals surface area contributed by atoms with Crippen molar-refractivity contribution < 1.29 is 19.4 Å². The van der Waals surface area contributed by atoms with E-state index >= 15 is 0 Å². The molecule has 4 aromatic carbocycles. The Bertz CT molecular complexity index is 1460. The number of rotatable bonds is 13. The summed E-state index contributed by atoms with van der Waals surface area (Å²) in [6, 6.07) is 31.1. The van der Waals surface area contributed by atoms with Gasteiger partial charge in [0, 0.05) is 24.3 Å². The number of nitrogens with one attached hydrogen (secondary N) is 1. The summed E-state index contributed by atoms with van der Waals surface area (Å²) in [5.41, 5.74) is 6.47. The van der Waals surface area contributed by atoms with Crippen LogP contribution in [0.3, 0.4) is 0 Å². The summed E-state index contributed by atoms with van der Waals surface area (Å²) in [6.07, 6.45) is 2.28. The van der Waals surface area contributed by atoms with Gasteiger partial charge < -0.3 is 20.1 Å². The molecule has 0 spiro atoms. The summed E-state index contributed by atoms with van der Waals surface area (Å²) in [5, 5.41) is 12.4. The Morgan fingerprint density at radius 2 is 1.55 bits per heavy atom. The Morgan fingerprint density at radius 1 is 0.881 bits per heavy atom. The molecule has 0 aliphatic heterocycles. The number of aryl methyl sites for hydroxylation is 1. The molecule has 1 amide bonds. The molecule has 0 aliphatic carbocycles. The number of thioether (sulfide) groups is 1. The van der Waals surface area contributed by atoms with Gasteiger partial charge >= 0.3 is 24.8 Å². The summed E-state index contributed by atoms with van der Waals surface area (Å²) < 4.78 is 5.37. The summed E-state index contributed by atoms with van der Waals surface area (Å²) in [4.78, 5) is 27.6. The molecule has 8 heteroatoms. The number of carbonyl (C=O) groups excluding carboxylic acids is 1. The molecule has 2 N–H and O–H groups in total. The number of anilines is 1. The second-order valence-electron chi connectivity index (χ2n) is 9.88. The maximum absolute atomic E-state index is 13.5. The number of carbonyl (C=O) groups is 2. The molecule has 0 aromatic heterocycles. The fourth-order valence-electron chi connectivity index (χ4n) is 4.77. The first kappa shape index (κ1) is 32.9. The van der Waals surface area contributed by atoms with Crippen LogP contribution < -0.4 is 15.0 Å². The first-order chi connectivity index (χ1) is 19.9. The molecule has 0 heterocycles. The number of methoxy groups -OCH3 is 1. The van der Waals surface area contributed by atoms with Crippen LogP contribution in [0, 0.1) is 6.92 Å². The quantitative estimate of drug-likeness (QED) is 0.186. The third kappa shape index (κ3) is 8.69. The molecule has 0 saturated carbocycles. The molecule has 42 heavy (non-hydrogen) atoms. The third-order valence-electron chi connectivity index (χ3n) is 7.01. The van der Waals surface area contributed by atoms with E-state index in [9.17, 15) is 14.7 Å². The van der Waals surface area contributed by atoms with Crippen molar-refractivity contribution in [2.45, 2.75) is 32.5 Å². The van der Waals surface area contributed by atoms with Crippen molar-refractivity contribution in [3.63, 3.8) is 0 Å². The molecule has 0 unspecified atom stereocenters. The zero-order valence-electron chi connectivity index (χ0n) is 23.7. The minimum atomic E-state index is -1.03. The number of aliphatic carboxylic acids is 1. The minimum absolute atomic E-state index is 0. The molecule has 0 radical (unpaired) electrons. The second kappa shape index (κ2) is 16.1. The molecular weight excluding hydrogens is 539 g/mol. The summed E-state index contributed by atoms with van der Waals surface area (Å²) in [6.45, 7) is 3.32. The number of amides is 1. The molecule has 0 bridgehead atoms. The Morgan fingerprint density at radius 3 is 2.19 bits per heavy atom. The normalized spacial score (nSPS) is 11.2. The topological polar surface area (TPSA) is 78.9 Å². The summed E-state index contributed by atoms with van der Waals surface area (Å²) in [7, 11) is 1.66. The van der Waals surface area contributed by atoms with E-state index in [2.05, 4.69) is 28.4 Å². The average molecular weight is 577 g/mol. The van der Waals surface area contributed by atoms with Crippen LogP contribution >= 0.6 is 11.8 Å². The zero-order chi connectivity index (χ0) is 29.2. The van der Waals surface area contributed by atoms with Crippen LogP contribution in [0.2, 0.25) is 0 Å². The van der Waals surface area contributed by atoms with E-state index in [1.54, 1.807) is 18.9 Å². The first-order valence-corrected chi connectivity index (χ1v) is 14.9. The number of nitrogens with zero attached hydrogens (tertiary/aromatic N) is 1. The van der Waals surface area contributed by atoms with Crippen LogP contribution in [-0.2, 0) is 17.9 Å². The number of carboxylic acid groups (broad SMARTS) is 1. The Balaban J connectivity index is 0.00000484. The molecule has 0 aliphatic rings. The van der Waals surface area contributed by atoms with Crippen LogP contribution in [0.25, 0.3) is 11.1 Å². The number of ether oxygens (including phenoxy) is 1. The molecule has 4 aromatic rings. The van der Waals surface area contributed by atoms with E-state index in [0.29, 0.717) is 30.8 Å². The van der Waals surface area contributed by atoms with Crippen LogP contribution in [0.5, 0.6) is 5.75 Å². The van der Waals surface area contributed by atoms with Crippen molar-refractivity contribution in [1.29, 1.82) is 0 Å². The zero-order valence-corrected chi connectivity index (χ0v) is 24.5. The molecular formula is C34H37LiN2O4S. The second-order valence-corrected chi connectivity index (χ2v) is 10.9. The van der Waals surface area contributed by atoms with Crippen molar-refractivity contribution in [2.75, 3.05) is 24.0 Å². The fraction of sp³-hybridized carbons (Fsp3) is 0.235. The van der Waals surface area contributed by atoms with Gasteiger partial charge in [-0.1, -0.05) is 60.7 Å². The van der Waals surface area contributed by atoms with Gasteiger partial charge in [-0.2, -0.15) is 11.8 Å². The summed E-state index contributed by atoms with van der Waals surface area (Å²) in [5.74, 6) is 0.0172. The molecule has 214 valence electrons. The monoisotopic (exact) mass is 576 g/mol. The predicted octanol–water partition coefficient (Wildman–Crippen LogP) is 6.17. The van der Waals surface area contributed by atoms with Crippen LogP contribution in [0.1, 0.15) is 33.5 Å². The number of benzene rings is 4. The van der Waals surface area contributed by atoms with Gasteiger partial charge in [0.2, 0.25) is 0 Å². The Kier molecular flexibility index (Phi) is 12.6. The number of carboxylic acids is 1. The average Bonchev–Trinajstić information content (AvgIpc) is 2.99. The van der Waals surface area contributed by atoms with E-state index in [0.717, 1.165) is 33.7 Å². The maximum atomic E-state index is 13.5. The van der Waals surface area contributed by atoms with Crippen molar-refractivity contribution in [3.8, 4) is 16.9 Å². The van der Waals surface area contributed by atoms with Crippen LogP contribution in [0.15, 0.2) is 97.1 Å². The predicted molar refractivity (Wildman–Crippen MR) is 175 cm³/mol. The van der Waals surface area contributed by atoms with Gasteiger partial charge in [-0.3, -0.25) is 4.79 Å². The number of hydrogen-bond donors (Lipinski definition) is 2. The molecule has 6 nitrogen and oxygen atoms in total. The van der Waals surface area contributed by atoms with Gasteiger partial charge in [0.25, 0.3) is 5.91 Å². The SMILES string of the molecule is COc1ccc(N(Cc2ccccc2)Cc2ccc(C(=O)N[C@@H](CCSC)C(=O)O)c(-c3ccccc3C)c2)cc1.[LiH]. The van der Waals surface area contributed by atoms with E-state index in [4.69, 9.17) is 4.74 Å². The molecule has 0 saturated heterocycles. The fourth-order valence-corrected chi connectivity index (χ4v) is 5.24. The van der Waals surface area contributed by atoms with Gasteiger partial charge in [-0.05, 0) is 89.6 Å². The van der Waals surface area contributed by atoms with Crippen molar-refractivity contribution in [3.05, 3.63) is 119 Å².